The third-order valence-electron chi connectivity index (χ3n) is 3.16. The van der Waals surface area contributed by atoms with Crippen molar-refractivity contribution in [3.63, 3.8) is 0 Å². The second kappa shape index (κ2) is 5.64. The van der Waals surface area contributed by atoms with Gasteiger partial charge in [0.1, 0.15) is 6.73 Å². The van der Waals surface area contributed by atoms with Crippen LogP contribution in [0.4, 0.5) is 0 Å². The van der Waals surface area contributed by atoms with Crippen molar-refractivity contribution in [1.82, 2.24) is 4.57 Å². The summed E-state index contributed by atoms with van der Waals surface area (Å²) in [6.07, 6.45) is 7.46. The Hall–Kier alpha value is -1.50. The summed E-state index contributed by atoms with van der Waals surface area (Å²) in [5.41, 5.74) is 2.09. The van der Waals surface area contributed by atoms with Gasteiger partial charge in [0.05, 0.1) is 5.52 Å². The van der Waals surface area contributed by atoms with Crippen molar-refractivity contribution in [2.24, 2.45) is 0 Å². The summed E-state index contributed by atoms with van der Waals surface area (Å²) in [4.78, 5) is 0. The fourth-order valence-electron chi connectivity index (χ4n) is 1.94. The molecule has 1 heterocycles. The van der Waals surface area contributed by atoms with Crippen molar-refractivity contribution in [2.75, 3.05) is 6.61 Å². The Balaban J connectivity index is 2.00. The highest BCUT2D eigenvalue weighted by Gasteiger charge is 2.12. The highest BCUT2D eigenvalue weighted by Crippen LogP contribution is 2.17. The number of terminal acetylenes is 1. The number of nitrogens with zero attached hydrogens (tertiary/aromatic N) is 1. The first-order chi connectivity index (χ1) is 8.99. The van der Waals surface area contributed by atoms with Gasteiger partial charge in [0.15, 0.2) is 0 Å². The molecule has 2 rings (SSSR count). The average molecular weight is 271 g/mol. The van der Waals surface area contributed by atoms with Gasteiger partial charge in [0, 0.05) is 31.8 Å². The zero-order chi connectivity index (χ0) is 13.9. The molecule has 0 fully saturated rings. The molecular formula is C16H21NOSi. The summed E-state index contributed by atoms with van der Waals surface area (Å²) < 4.78 is 7.90. The van der Waals surface area contributed by atoms with E-state index in [0.717, 1.165) is 12.2 Å². The van der Waals surface area contributed by atoms with E-state index in [1.165, 1.54) is 16.9 Å². The minimum atomic E-state index is -1.00. The SMILES string of the molecule is C#Cc1ccc2c(ccn2COCC[Si](C)(C)C)c1. The molecule has 2 aromatic rings. The largest absolute Gasteiger partial charge is 0.361 e. The van der Waals surface area contributed by atoms with Gasteiger partial charge in [-0.15, -0.1) is 6.42 Å². The summed E-state index contributed by atoms with van der Waals surface area (Å²) in [5, 5.41) is 1.17. The van der Waals surface area contributed by atoms with E-state index in [1.807, 2.05) is 12.1 Å². The quantitative estimate of drug-likeness (QED) is 0.456. The van der Waals surface area contributed by atoms with E-state index in [-0.39, 0.29) is 0 Å². The molecule has 1 aromatic carbocycles. The predicted octanol–water partition coefficient (Wildman–Crippen LogP) is 3.93. The van der Waals surface area contributed by atoms with Crippen LogP contribution in [0.15, 0.2) is 30.5 Å². The molecule has 0 amide bonds. The van der Waals surface area contributed by atoms with Crippen LogP contribution in [0, 0.1) is 12.3 Å². The molecule has 0 saturated carbocycles. The van der Waals surface area contributed by atoms with E-state index in [1.54, 1.807) is 0 Å². The van der Waals surface area contributed by atoms with E-state index in [9.17, 15) is 0 Å². The highest BCUT2D eigenvalue weighted by molar-refractivity contribution is 6.76. The molecule has 0 spiro atoms. The predicted molar refractivity (Wildman–Crippen MR) is 84.0 cm³/mol. The van der Waals surface area contributed by atoms with Gasteiger partial charge < -0.3 is 9.30 Å². The maximum Gasteiger partial charge on any atom is 0.122 e. The summed E-state index contributed by atoms with van der Waals surface area (Å²) in [5.74, 6) is 2.66. The van der Waals surface area contributed by atoms with Crippen LogP contribution < -0.4 is 0 Å². The lowest BCUT2D eigenvalue weighted by Gasteiger charge is -2.15. The van der Waals surface area contributed by atoms with Gasteiger partial charge in [0.25, 0.3) is 0 Å². The molecule has 0 unspecified atom stereocenters. The van der Waals surface area contributed by atoms with Gasteiger partial charge in [-0.25, -0.2) is 0 Å². The van der Waals surface area contributed by atoms with Gasteiger partial charge >= 0.3 is 0 Å². The number of benzene rings is 1. The summed E-state index contributed by atoms with van der Waals surface area (Å²) in [6, 6.07) is 9.35. The van der Waals surface area contributed by atoms with Crippen LogP contribution in [-0.2, 0) is 11.5 Å². The molecule has 100 valence electrons. The minimum absolute atomic E-state index is 0.614. The summed E-state index contributed by atoms with van der Waals surface area (Å²) in [7, 11) is -1.00. The van der Waals surface area contributed by atoms with Crippen LogP contribution in [0.5, 0.6) is 0 Å². The molecule has 0 saturated heterocycles. The average Bonchev–Trinajstić information content (AvgIpc) is 2.75. The lowest BCUT2D eigenvalue weighted by atomic mass is 10.2. The second-order valence-corrected chi connectivity index (χ2v) is 11.7. The van der Waals surface area contributed by atoms with Gasteiger partial charge in [-0.1, -0.05) is 25.6 Å². The van der Waals surface area contributed by atoms with Gasteiger partial charge in [-0.05, 0) is 30.3 Å². The van der Waals surface area contributed by atoms with Crippen molar-refractivity contribution in [3.8, 4) is 12.3 Å². The molecular weight excluding hydrogens is 250 g/mol. The van der Waals surface area contributed by atoms with Crippen molar-refractivity contribution in [1.29, 1.82) is 0 Å². The monoisotopic (exact) mass is 271 g/mol. The van der Waals surface area contributed by atoms with E-state index in [0.29, 0.717) is 6.73 Å². The Morgan fingerprint density at radius 3 is 2.74 bits per heavy atom. The maximum atomic E-state index is 5.78. The Morgan fingerprint density at radius 2 is 2.05 bits per heavy atom. The Labute approximate surface area is 116 Å². The molecule has 1 aromatic heterocycles. The topological polar surface area (TPSA) is 14.2 Å². The first kappa shape index (κ1) is 13.9. The molecule has 3 heteroatoms. The summed E-state index contributed by atoms with van der Waals surface area (Å²) in [6.45, 7) is 8.55. The zero-order valence-corrected chi connectivity index (χ0v) is 12.9. The molecule has 2 nitrogen and oxygen atoms in total. The van der Waals surface area contributed by atoms with Crippen LogP contribution in [0.1, 0.15) is 5.56 Å². The first-order valence-corrected chi connectivity index (χ1v) is 10.3. The number of hydrogen-bond acceptors (Lipinski definition) is 1. The number of fused-ring (bicyclic) bond motifs is 1. The Bertz CT molecular complexity index is 601. The summed E-state index contributed by atoms with van der Waals surface area (Å²) >= 11 is 0. The van der Waals surface area contributed by atoms with Crippen LogP contribution in [0.3, 0.4) is 0 Å². The van der Waals surface area contributed by atoms with Crippen LogP contribution in [0.25, 0.3) is 10.9 Å². The first-order valence-electron chi connectivity index (χ1n) is 6.63. The molecule has 0 aliphatic heterocycles. The van der Waals surface area contributed by atoms with Crippen molar-refractivity contribution >= 4 is 19.0 Å². The van der Waals surface area contributed by atoms with Crippen molar-refractivity contribution < 1.29 is 4.74 Å². The zero-order valence-electron chi connectivity index (χ0n) is 11.9. The van der Waals surface area contributed by atoms with E-state index >= 15 is 0 Å². The highest BCUT2D eigenvalue weighted by atomic mass is 28.3. The molecule has 0 N–H and O–H groups in total. The van der Waals surface area contributed by atoms with Gasteiger partial charge in [-0.3, -0.25) is 0 Å². The maximum absolute atomic E-state index is 5.78. The molecule has 0 radical (unpaired) electrons. The van der Waals surface area contributed by atoms with Gasteiger partial charge in [-0.2, -0.15) is 0 Å². The number of ether oxygens (including phenoxy) is 1. The Morgan fingerprint density at radius 1 is 1.26 bits per heavy atom. The normalized spacial score (nSPS) is 11.7. The van der Waals surface area contributed by atoms with Crippen LogP contribution in [0.2, 0.25) is 25.7 Å². The van der Waals surface area contributed by atoms with Gasteiger partial charge in [0.2, 0.25) is 0 Å². The molecule has 0 bridgehead atoms. The minimum Gasteiger partial charge on any atom is -0.361 e. The lowest BCUT2D eigenvalue weighted by Crippen LogP contribution is -2.21. The molecule has 0 aliphatic carbocycles. The smallest absolute Gasteiger partial charge is 0.122 e. The lowest BCUT2D eigenvalue weighted by molar-refractivity contribution is 0.0902. The fourth-order valence-corrected chi connectivity index (χ4v) is 2.70. The third-order valence-corrected chi connectivity index (χ3v) is 4.87. The Kier molecular flexibility index (Phi) is 4.13. The van der Waals surface area contributed by atoms with Crippen LogP contribution in [-0.4, -0.2) is 19.2 Å². The van der Waals surface area contributed by atoms with E-state index in [2.05, 4.69) is 48.5 Å². The van der Waals surface area contributed by atoms with Crippen LogP contribution >= 0.6 is 0 Å². The van der Waals surface area contributed by atoms with Crippen molar-refractivity contribution in [2.45, 2.75) is 32.4 Å². The van der Waals surface area contributed by atoms with E-state index < -0.39 is 8.07 Å². The molecule has 0 atom stereocenters. The number of rotatable bonds is 5. The van der Waals surface area contributed by atoms with E-state index in [4.69, 9.17) is 11.2 Å². The molecule has 0 aliphatic rings. The second-order valence-electron chi connectivity index (χ2n) is 6.05. The molecule has 19 heavy (non-hydrogen) atoms. The number of hydrogen-bond donors (Lipinski definition) is 0. The third kappa shape index (κ3) is 3.73. The number of aromatic nitrogens is 1. The fraction of sp³-hybridized carbons (Fsp3) is 0.375. The standard InChI is InChI=1S/C16H21NOSi/c1-5-14-6-7-16-15(12-14)8-9-17(16)13-18-10-11-19(2,3)4/h1,6-9,12H,10-11,13H2,2-4H3. The van der Waals surface area contributed by atoms with Crippen molar-refractivity contribution in [3.05, 3.63) is 36.0 Å².